The first kappa shape index (κ1) is 13.4. The van der Waals surface area contributed by atoms with Gasteiger partial charge in [-0.2, -0.15) is 14.6 Å². The summed E-state index contributed by atoms with van der Waals surface area (Å²) in [4.78, 5) is 10.7. The van der Waals surface area contributed by atoms with E-state index in [2.05, 4.69) is 44.5 Å². The molecule has 0 fully saturated rings. The van der Waals surface area contributed by atoms with Crippen molar-refractivity contribution >= 4 is 17.3 Å². The molecule has 0 saturated heterocycles. The number of nitrogens with one attached hydrogen (secondary N) is 1. The Morgan fingerprint density at radius 3 is 2.86 bits per heavy atom. The van der Waals surface area contributed by atoms with Crippen LogP contribution in [0.2, 0.25) is 0 Å². The van der Waals surface area contributed by atoms with E-state index in [9.17, 15) is 0 Å². The van der Waals surface area contributed by atoms with E-state index in [4.69, 9.17) is 0 Å². The van der Waals surface area contributed by atoms with Gasteiger partial charge in [0.1, 0.15) is 12.1 Å². The van der Waals surface area contributed by atoms with Crippen LogP contribution in [0.15, 0.2) is 42.7 Å². The zero-order chi connectivity index (χ0) is 14.7. The number of fused-ring (bicyclic) bond motifs is 1. The molecule has 0 saturated carbocycles. The van der Waals surface area contributed by atoms with Gasteiger partial charge in [-0.05, 0) is 19.1 Å². The van der Waals surface area contributed by atoms with E-state index in [0.29, 0.717) is 5.78 Å². The first-order chi connectivity index (χ1) is 10.2. The summed E-state index contributed by atoms with van der Waals surface area (Å²) in [7, 11) is 2.08. The normalized spacial score (nSPS) is 10.8. The van der Waals surface area contributed by atoms with Crippen LogP contribution in [0.4, 0.5) is 11.5 Å². The van der Waals surface area contributed by atoms with E-state index in [-0.39, 0.29) is 0 Å². The fourth-order valence-corrected chi connectivity index (χ4v) is 2.22. The highest BCUT2D eigenvalue weighted by molar-refractivity contribution is 5.47. The van der Waals surface area contributed by atoms with Crippen LogP contribution in [-0.2, 0) is 0 Å². The minimum Gasteiger partial charge on any atom is -0.373 e. The topological polar surface area (TPSA) is 58.4 Å². The number of aromatic nitrogens is 4. The molecular formula is C15H18N6. The summed E-state index contributed by atoms with van der Waals surface area (Å²) in [5.41, 5.74) is 2.13. The van der Waals surface area contributed by atoms with Crippen molar-refractivity contribution in [3.05, 3.63) is 48.4 Å². The van der Waals surface area contributed by atoms with Crippen LogP contribution in [0, 0.1) is 6.92 Å². The van der Waals surface area contributed by atoms with Gasteiger partial charge in [-0.3, -0.25) is 0 Å². The molecule has 1 aromatic carbocycles. The molecule has 6 nitrogen and oxygen atoms in total. The van der Waals surface area contributed by atoms with Crippen molar-refractivity contribution in [1.29, 1.82) is 0 Å². The Hall–Kier alpha value is -2.63. The molecule has 21 heavy (non-hydrogen) atoms. The highest BCUT2D eigenvalue weighted by Gasteiger charge is 2.05. The Bertz CT molecular complexity index is 721. The Labute approximate surface area is 123 Å². The van der Waals surface area contributed by atoms with E-state index in [1.165, 1.54) is 12.0 Å². The Balaban J connectivity index is 1.66. The number of nitrogens with zero attached hydrogens (tertiary/aromatic N) is 5. The summed E-state index contributed by atoms with van der Waals surface area (Å²) in [5.74, 6) is 1.53. The molecule has 0 spiro atoms. The van der Waals surface area contributed by atoms with Crippen molar-refractivity contribution < 1.29 is 0 Å². The lowest BCUT2D eigenvalue weighted by Gasteiger charge is -2.19. The fraction of sp³-hybridized carbons (Fsp3) is 0.267. The SMILES string of the molecule is Cc1cc(NCCN(C)c2ccccc2)n2ncnc2n1. The number of hydrogen-bond acceptors (Lipinski definition) is 5. The second-order valence-corrected chi connectivity index (χ2v) is 4.94. The molecule has 0 amide bonds. The largest absolute Gasteiger partial charge is 0.373 e. The van der Waals surface area contributed by atoms with Crippen LogP contribution >= 0.6 is 0 Å². The molecule has 0 atom stereocenters. The third-order valence-electron chi connectivity index (χ3n) is 3.33. The number of aryl methyl sites for hydroxylation is 1. The van der Waals surface area contributed by atoms with Crippen LogP contribution in [-0.4, -0.2) is 39.7 Å². The van der Waals surface area contributed by atoms with Crippen molar-refractivity contribution in [3.8, 4) is 0 Å². The summed E-state index contributed by atoms with van der Waals surface area (Å²) in [6.07, 6.45) is 1.52. The van der Waals surface area contributed by atoms with Crippen LogP contribution in [0.1, 0.15) is 5.69 Å². The van der Waals surface area contributed by atoms with E-state index in [0.717, 1.165) is 24.6 Å². The molecular weight excluding hydrogens is 264 g/mol. The molecule has 0 aliphatic rings. The molecule has 3 rings (SSSR count). The van der Waals surface area contributed by atoms with Crippen LogP contribution in [0.25, 0.3) is 5.78 Å². The van der Waals surface area contributed by atoms with E-state index in [1.54, 1.807) is 4.52 Å². The van der Waals surface area contributed by atoms with Gasteiger partial charge >= 0.3 is 0 Å². The first-order valence-corrected chi connectivity index (χ1v) is 6.91. The van der Waals surface area contributed by atoms with Crippen molar-refractivity contribution in [2.45, 2.75) is 6.92 Å². The van der Waals surface area contributed by atoms with Crippen molar-refractivity contribution in [2.24, 2.45) is 0 Å². The van der Waals surface area contributed by atoms with Gasteiger partial charge in [-0.1, -0.05) is 18.2 Å². The Morgan fingerprint density at radius 1 is 1.24 bits per heavy atom. The molecule has 0 radical (unpaired) electrons. The fourth-order valence-electron chi connectivity index (χ4n) is 2.22. The maximum Gasteiger partial charge on any atom is 0.254 e. The number of hydrogen-bond donors (Lipinski definition) is 1. The number of likely N-dealkylation sites (N-methyl/N-ethyl adjacent to an activating group) is 1. The minimum atomic E-state index is 0.619. The maximum atomic E-state index is 4.33. The predicted molar refractivity (Wildman–Crippen MR) is 83.7 cm³/mol. The van der Waals surface area contributed by atoms with Crippen molar-refractivity contribution in [2.75, 3.05) is 30.4 Å². The molecule has 0 aliphatic carbocycles. The van der Waals surface area contributed by atoms with Gasteiger partial charge in [-0.25, -0.2) is 4.98 Å². The van der Waals surface area contributed by atoms with Gasteiger partial charge in [0.05, 0.1) is 0 Å². The summed E-state index contributed by atoms with van der Waals surface area (Å²) in [6, 6.07) is 12.3. The lowest BCUT2D eigenvalue weighted by Crippen LogP contribution is -2.25. The minimum absolute atomic E-state index is 0.619. The number of anilines is 2. The summed E-state index contributed by atoms with van der Waals surface area (Å²) < 4.78 is 1.72. The molecule has 0 bridgehead atoms. The lowest BCUT2D eigenvalue weighted by atomic mass is 10.3. The number of benzene rings is 1. The van der Waals surface area contributed by atoms with Crippen molar-refractivity contribution in [3.63, 3.8) is 0 Å². The zero-order valence-electron chi connectivity index (χ0n) is 12.2. The van der Waals surface area contributed by atoms with Crippen LogP contribution in [0.5, 0.6) is 0 Å². The molecule has 2 heterocycles. The quantitative estimate of drug-likeness (QED) is 0.775. The zero-order valence-corrected chi connectivity index (χ0v) is 12.2. The summed E-state index contributed by atoms with van der Waals surface area (Å²) >= 11 is 0. The van der Waals surface area contributed by atoms with Gasteiger partial charge in [0.15, 0.2) is 0 Å². The first-order valence-electron chi connectivity index (χ1n) is 6.91. The Kier molecular flexibility index (Phi) is 3.68. The standard InChI is InChI=1S/C15H18N6/c1-12-10-14(21-15(19-12)17-11-18-21)16-8-9-20(2)13-6-4-3-5-7-13/h3-7,10-11,16H,8-9H2,1-2H3. The Morgan fingerprint density at radius 2 is 2.05 bits per heavy atom. The van der Waals surface area contributed by atoms with E-state index < -0.39 is 0 Å². The molecule has 0 aliphatic heterocycles. The lowest BCUT2D eigenvalue weighted by molar-refractivity contribution is 0.878. The monoisotopic (exact) mass is 282 g/mol. The van der Waals surface area contributed by atoms with Gasteiger partial charge in [0, 0.05) is 37.6 Å². The third-order valence-corrected chi connectivity index (χ3v) is 3.33. The molecule has 0 unspecified atom stereocenters. The molecule has 2 aromatic heterocycles. The smallest absolute Gasteiger partial charge is 0.254 e. The van der Waals surface area contributed by atoms with Gasteiger partial charge in [0.2, 0.25) is 0 Å². The van der Waals surface area contributed by atoms with Crippen LogP contribution in [0.3, 0.4) is 0 Å². The summed E-state index contributed by atoms with van der Waals surface area (Å²) in [5, 5.41) is 7.58. The highest BCUT2D eigenvalue weighted by atomic mass is 15.4. The molecule has 108 valence electrons. The highest BCUT2D eigenvalue weighted by Crippen LogP contribution is 2.12. The average Bonchev–Trinajstić information content (AvgIpc) is 2.96. The second kappa shape index (κ2) is 5.78. The third kappa shape index (κ3) is 2.94. The molecule has 3 aromatic rings. The van der Waals surface area contributed by atoms with Crippen LogP contribution < -0.4 is 10.2 Å². The predicted octanol–water partition coefficient (Wildman–Crippen LogP) is 1.98. The number of rotatable bonds is 5. The second-order valence-electron chi connectivity index (χ2n) is 4.94. The van der Waals surface area contributed by atoms with Crippen molar-refractivity contribution in [1.82, 2.24) is 19.6 Å². The summed E-state index contributed by atoms with van der Waals surface area (Å²) in [6.45, 7) is 3.65. The number of para-hydroxylation sites is 1. The van der Waals surface area contributed by atoms with Gasteiger partial charge in [0.25, 0.3) is 5.78 Å². The van der Waals surface area contributed by atoms with E-state index in [1.807, 2.05) is 31.2 Å². The van der Waals surface area contributed by atoms with Gasteiger partial charge < -0.3 is 10.2 Å². The van der Waals surface area contributed by atoms with E-state index >= 15 is 0 Å². The van der Waals surface area contributed by atoms with Gasteiger partial charge in [-0.15, -0.1) is 0 Å². The maximum absolute atomic E-state index is 4.33. The molecule has 1 N–H and O–H groups in total. The molecule has 6 heteroatoms. The average molecular weight is 282 g/mol.